The molecule has 0 heterocycles. The maximum Gasteiger partial charge on any atom is 0.327 e. The quantitative estimate of drug-likeness (QED) is 0.697. The Morgan fingerprint density at radius 2 is 2.00 bits per heavy atom. The minimum absolute atomic E-state index is 0.0646. The molecule has 78 valence electrons. The van der Waals surface area contributed by atoms with Crippen LogP contribution in [0, 0.1) is 11.8 Å². The van der Waals surface area contributed by atoms with Gasteiger partial charge in [0.2, 0.25) is 0 Å². The first-order chi connectivity index (χ1) is 6.11. The van der Waals surface area contributed by atoms with Crippen LogP contribution < -0.4 is 0 Å². The van der Waals surface area contributed by atoms with Gasteiger partial charge >= 0.3 is 8.60 Å². The molecule has 0 saturated heterocycles. The molecule has 1 fully saturated rings. The van der Waals surface area contributed by atoms with E-state index in [0.717, 1.165) is 12.8 Å². The fourth-order valence-corrected chi connectivity index (χ4v) is 2.67. The van der Waals surface area contributed by atoms with Crippen LogP contribution in [-0.2, 0) is 4.52 Å². The van der Waals surface area contributed by atoms with E-state index >= 15 is 0 Å². The third-order valence-electron chi connectivity index (χ3n) is 2.82. The van der Waals surface area contributed by atoms with E-state index in [9.17, 15) is 0 Å². The van der Waals surface area contributed by atoms with Crippen molar-refractivity contribution in [3.63, 3.8) is 0 Å². The van der Waals surface area contributed by atoms with Gasteiger partial charge in [0, 0.05) is 0 Å². The SMILES string of the molecule is CC[C@H]1C[C@@H](C)C[C@@H](OP(O)O)C1. The highest BCUT2D eigenvalue weighted by molar-refractivity contribution is 7.39. The van der Waals surface area contributed by atoms with Crippen LogP contribution in [0.5, 0.6) is 0 Å². The summed E-state index contributed by atoms with van der Waals surface area (Å²) in [5.41, 5.74) is 0. The molecule has 3 atom stereocenters. The molecule has 0 aromatic rings. The molecule has 1 rings (SSSR count). The van der Waals surface area contributed by atoms with E-state index in [-0.39, 0.29) is 6.10 Å². The molecule has 0 amide bonds. The highest BCUT2D eigenvalue weighted by Gasteiger charge is 2.27. The molecular formula is C9H19O3P. The first kappa shape index (κ1) is 11.4. The van der Waals surface area contributed by atoms with Crippen molar-refractivity contribution in [2.75, 3.05) is 0 Å². The van der Waals surface area contributed by atoms with E-state index in [1.165, 1.54) is 12.8 Å². The summed E-state index contributed by atoms with van der Waals surface area (Å²) < 4.78 is 5.07. The Morgan fingerprint density at radius 3 is 2.54 bits per heavy atom. The molecule has 0 aromatic heterocycles. The van der Waals surface area contributed by atoms with E-state index in [2.05, 4.69) is 13.8 Å². The van der Waals surface area contributed by atoms with Crippen molar-refractivity contribution >= 4 is 8.60 Å². The summed E-state index contributed by atoms with van der Waals surface area (Å²) in [6.07, 6.45) is 4.44. The van der Waals surface area contributed by atoms with Crippen LogP contribution in [0.3, 0.4) is 0 Å². The van der Waals surface area contributed by atoms with Crippen molar-refractivity contribution < 1.29 is 14.3 Å². The molecule has 4 heteroatoms. The van der Waals surface area contributed by atoms with Gasteiger partial charge in [0.1, 0.15) is 0 Å². The summed E-state index contributed by atoms with van der Waals surface area (Å²) in [5, 5.41) is 0. The van der Waals surface area contributed by atoms with Crippen LogP contribution in [0.2, 0.25) is 0 Å². The Morgan fingerprint density at radius 1 is 1.31 bits per heavy atom. The minimum Gasteiger partial charge on any atom is -0.328 e. The Balaban J connectivity index is 2.37. The highest BCUT2D eigenvalue weighted by atomic mass is 31.2. The lowest BCUT2D eigenvalue weighted by Crippen LogP contribution is -2.26. The third kappa shape index (κ3) is 3.90. The molecule has 0 unspecified atom stereocenters. The maximum atomic E-state index is 8.75. The topological polar surface area (TPSA) is 49.7 Å². The van der Waals surface area contributed by atoms with Gasteiger partial charge in [-0.2, -0.15) is 0 Å². The lowest BCUT2D eigenvalue weighted by molar-refractivity contribution is 0.0816. The third-order valence-corrected chi connectivity index (χ3v) is 3.30. The second kappa shape index (κ2) is 5.26. The first-order valence-electron chi connectivity index (χ1n) is 4.96. The number of hydrogen-bond acceptors (Lipinski definition) is 3. The van der Waals surface area contributed by atoms with E-state index in [0.29, 0.717) is 11.8 Å². The van der Waals surface area contributed by atoms with Gasteiger partial charge in [-0.3, -0.25) is 0 Å². The van der Waals surface area contributed by atoms with Crippen molar-refractivity contribution in [1.82, 2.24) is 0 Å². The van der Waals surface area contributed by atoms with Crippen molar-refractivity contribution in [3.8, 4) is 0 Å². The monoisotopic (exact) mass is 206 g/mol. The van der Waals surface area contributed by atoms with Gasteiger partial charge < -0.3 is 14.3 Å². The summed E-state index contributed by atoms with van der Waals surface area (Å²) in [5.74, 6) is 1.35. The second-order valence-electron chi connectivity index (χ2n) is 4.07. The Kier molecular flexibility index (Phi) is 4.60. The zero-order valence-corrected chi connectivity index (χ0v) is 9.20. The van der Waals surface area contributed by atoms with Crippen LogP contribution in [0.25, 0.3) is 0 Å². The minimum atomic E-state index is -2.17. The molecule has 0 aliphatic heterocycles. The zero-order chi connectivity index (χ0) is 9.84. The maximum absolute atomic E-state index is 8.75. The van der Waals surface area contributed by atoms with Crippen molar-refractivity contribution in [3.05, 3.63) is 0 Å². The normalized spacial score (nSPS) is 35.3. The van der Waals surface area contributed by atoms with Crippen molar-refractivity contribution in [2.45, 2.75) is 45.6 Å². The van der Waals surface area contributed by atoms with Crippen LogP contribution in [0.4, 0.5) is 0 Å². The van der Waals surface area contributed by atoms with Crippen LogP contribution in [0.1, 0.15) is 39.5 Å². The van der Waals surface area contributed by atoms with E-state index < -0.39 is 8.60 Å². The van der Waals surface area contributed by atoms with Gasteiger partial charge in [-0.1, -0.05) is 20.3 Å². The standard InChI is InChI=1S/C9H19O3P/c1-3-8-4-7(2)5-9(6-8)12-13(10)11/h7-11H,3-6H2,1-2H3/t7-,8+,9-/m1/s1. The van der Waals surface area contributed by atoms with Gasteiger partial charge in [-0.15, -0.1) is 0 Å². The lowest BCUT2D eigenvalue weighted by atomic mass is 9.80. The summed E-state index contributed by atoms with van der Waals surface area (Å²) in [7, 11) is -2.17. The van der Waals surface area contributed by atoms with E-state index in [1.54, 1.807) is 0 Å². The molecule has 2 N–H and O–H groups in total. The fraction of sp³-hybridized carbons (Fsp3) is 1.00. The Labute approximate surface area is 81.1 Å². The van der Waals surface area contributed by atoms with Crippen molar-refractivity contribution in [2.24, 2.45) is 11.8 Å². The molecule has 13 heavy (non-hydrogen) atoms. The van der Waals surface area contributed by atoms with Gasteiger partial charge in [0.15, 0.2) is 0 Å². The van der Waals surface area contributed by atoms with Crippen molar-refractivity contribution in [1.29, 1.82) is 0 Å². The second-order valence-corrected chi connectivity index (χ2v) is 4.78. The summed E-state index contributed by atoms with van der Waals surface area (Å²) in [6, 6.07) is 0. The summed E-state index contributed by atoms with van der Waals surface area (Å²) in [4.78, 5) is 17.5. The van der Waals surface area contributed by atoms with Crippen LogP contribution in [-0.4, -0.2) is 15.9 Å². The number of rotatable bonds is 3. The van der Waals surface area contributed by atoms with Gasteiger partial charge in [0.05, 0.1) is 6.10 Å². The smallest absolute Gasteiger partial charge is 0.327 e. The average Bonchev–Trinajstić information content (AvgIpc) is 2.01. The molecule has 0 radical (unpaired) electrons. The molecule has 1 aliphatic carbocycles. The average molecular weight is 206 g/mol. The molecule has 0 spiro atoms. The molecule has 1 aliphatic rings. The Hall–Kier alpha value is 0.310. The Bertz CT molecular complexity index is 150. The van der Waals surface area contributed by atoms with Gasteiger partial charge in [-0.05, 0) is 31.1 Å². The zero-order valence-electron chi connectivity index (χ0n) is 8.31. The number of hydrogen-bond donors (Lipinski definition) is 2. The fourth-order valence-electron chi connectivity index (χ4n) is 2.23. The molecule has 0 bridgehead atoms. The first-order valence-corrected chi connectivity index (χ1v) is 6.13. The van der Waals surface area contributed by atoms with E-state index in [1.807, 2.05) is 0 Å². The highest BCUT2D eigenvalue weighted by Crippen LogP contribution is 2.38. The summed E-state index contributed by atoms with van der Waals surface area (Å²) in [6.45, 7) is 4.38. The molecular weight excluding hydrogens is 187 g/mol. The largest absolute Gasteiger partial charge is 0.328 e. The predicted molar refractivity (Wildman–Crippen MR) is 53.0 cm³/mol. The molecule has 1 saturated carbocycles. The van der Waals surface area contributed by atoms with Crippen LogP contribution in [0.15, 0.2) is 0 Å². The van der Waals surface area contributed by atoms with Gasteiger partial charge in [0.25, 0.3) is 0 Å². The van der Waals surface area contributed by atoms with Crippen LogP contribution >= 0.6 is 8.60 Å². The van der Waals surface area contributed by atoms with Gasteiger partial charge in [-0.25, -0.2) is 0 Å². The molecule has 3 nitrogen and oxygen atoms in total. The molecule has 0 aromatic carbocycles. The predicted octanol–water partition coefficient (Wildman–Crippen LogP) is 2.43. The van der Waals surface area contributed by atoms with E-state index in [4.69, 9.17) is 14.3 Å². The summed E-state index contributed by atoms with van der Waals surface area (Å²) >= 11 is 0. The lowest BCUT2D eigenvalue weighted by Gasteiger charge is -2.32.